The van der Waals surface area contributed by atoms with Crippen LogP contribution in [0.1, 0.15) is 129 Å². The van der Waals surface area contributed by atoms with Gasteiger partial charge in [-0.05, 0) is 149 Å². The minimum absolute atomic E-state index is 0.0304. The van der Waals surface area contributed by atoms with E-state index in [9.17, 15) is 60.0 Å². The maximum Gasteiger partial charge on any atom is 0.331 e. The third kappa shape index (κ3) is 7.01. The highest BCUT2D eigenvalue weighted by atomic mass is 16.5. The molecule has 370 valence electrons. The van der Waals surface area contributed by atoms with E-state index in [1.54, 1.807) is 12.2 Å². The fraction of sp³-hybridized carbons (Fsp3) is 0.837. The molecule has 17 nitrogen and oxygen atoms in total. The predicted octanol–water partition coefficient (Wildman–Crippen LogP) is -2.27. The van der Waals surface area contributed by atoms with Gasteiger partial charge in [0.15, 0.2) is 6.10 Å². The molecule has 17 heteroatoms. The molecular formula is C49H74N2O15. The zero-order valence-corrected chi connectivity index (χ0v) is 38.7. The van der Waals surface area contributed by atoms with Gasteiger partial charge in [-0.2, -0.15) is 0 Å². The molecule has 66 heavy (non-hydrogen) atoms. The number of carbonyl (C=O) groups is 4. The monoisotopic (exact) mass is 931 g/mol. The summed E-state index contributed by atoms with van der Waals surface area (Å²) in [5.41, 5.74) is -0.134. The van der Waals surface area contributed by atoms with E-state index in [0.717, 1.165) is 24.0 Å². The highest BCUT2D eigenvalue weighted by Gasteiger charge is 2.73. The van der Waals surface area contributed by atoms with Crippen LogP contribution in [0.15, 0.2) is 23.3 Å². The van der Waals surface area contributed by atoms with Crippen LogP contribution in [0, 0.1) is 57.2 Å². The number of fused-ring (bicyclic) bond motifs is 10. The molecule has 10 aliphatic rings. The van der Waals surface area contributed by atoms with Gasteiger partial charge in [-0.3, -0.25) is 0 Å². The van der Waals surface area contributed by atoms with E-state index in [2.05, 4.69) is 25.3 Å². The molecule has 8 fully saturated rings. The molecule has 0 amide bonds. The Labute approximate surface area is 386 Å². The number of rotatable bonds is 6. The number of cyclic esters (lactones) is 2. The number of esters is 2. The standard InChI is InChI=1S/2C23H32O7.C3H10N2O/c2*1-20-6-3-16-17(23(20,29)9-5-15(20)13-10-18(25)30-12-13)4-7-21(28)11-14(24)2-8-22(16,21)19(26)27;4-1-3(6)2-5/h2*10,14-17,24,28-29H,2-9,11-12H2,1H3,(H,26,27);3,6H,1-2,4-5H2/t2*14?,15-,16?,17?,20+,21?,22+,23?;/m00./s1. The first-order valence-electron chi connectivity index (χ1n) is 24.7. The summed E-state index contributed by atoms with van der Waals surface area (Å²) in [6.07, 6.45) is 9.00. The van der Waals surface area contributed by atoms with E-state index < -0.39 is 68.2 Å². The molecule has 10 unspecified atom stereocenters. The molecule has 0 aromatic carbocycles. The number of aliphatic hydroxyl groups excluding tert-OH is 3. The molecule has 8 saturated carbocycles. The van der Waals surface area contributed by atoms with Crippen molar-refractivity contribution < 1.29 is 86.1 Å². The van der Waals surface area contributed by atoms with Gasteiger partial charge in [0.2, 0.25) is 0 Å². The maximum absolute atomic E-state index is 12.6. The van der Waals surface area contributed by atoms with Gasteiger partial charge in [0, 0.05) is 46.7 Å². The lowest BCUT2D eigenvalue weighted by Gasteiger charge is -2.67. The highest BCUT2D eigenvalue weighted by Crippen LogP contribution is 2.72. The molecule has 0 aromatic heterocycles. The fourth-order valence-electron chi connectivity index (χ4n) is 17.1. The number of hydrogen-bond acceptors (Lipinski definition) is 15. The van der Waals surface area contributed by atoms with Gasteiger partial charge in [-0.1, -0.05) is 13.8 Å². The molecule has 0 radical (unpaired) electrons. The average Bonchev–Trinajstić information content (AvgIpc) is 4.02. The third-order valence-electron chi connectivity index (χ3n) is 20.5. The van der Waals surface area contributed by atoms with Gasteiger partial charge in [0.25, 0.3) is 0 Å². The van der Waals surface area contributed by atoms with E-state index in [-0.39, 0.29) is 105 Å². The van der Waals surface area contributed by atoms with Crippen molar-refractivity contribution in [3.63, 3.8) is 0 Å². The number of ether oxygens (including phenoxy) is 2. The molecule has 0 aromatic rings. The van der Waals surface area contributed by atoms with Gasteiger partial charge < -0.3 is 76.5 Å². The summed E-state index contributed by atoms with van der Waals surface area (Å²) in [6, 6.07) is 0. The third-order valence-corrected chi connectivity index (χ3v) is 20.5. The normalized spacial score (nSPS) is 48.8. The molecule has 13 N–H and O–H groups in total. The van der Waals surface area contributed by atoms with Crippen LogP contribution in [-0.4, -0.2) is 127 Å². The smallest absolute Gasteiger partial charge is 0.331 e. The van der Waals surface area contributed by atoms with Gasteiger partial charge in [-0.25, -0.2) is 9.59 Å². The Balaban J connectivity index is 0.000000160. The predicted molar refractivity (Wildman–Crippen MR) is 227 cm³/mol. The Kier molecular flexibility index (Phi) is 12.8. The van der Waals surface area contributed by atoms with Crippen molar-refractivity contribution in [1.82, 2.24) is 0 Å². The maximum atomic E-state index is 12.6. The van der Waals surface area contributed by atoms with E-state index in [1.165, 1.54) is 0 Å². The lowest BCUT2D eigenvalue weighted by molar-refractivity contribution is -0.428. The lowest BCUT2D eigenvalue weighted by atomic mass is 9.41. The minimum atomic E-state index is -1.50. The lowest BCUT2D eigenvalue weighted by Crippen LogP contribution is -2.72. The number of carboxylic acid groups (broad SMARTS) is 2. The van der Waals surface area contributed by atoms with Crippen molar-refractivity contribution in [2.45, 2.75) is 170 Å². The Morgan fingerprint density at radius 2 is 0.970 bits per heavy atom. The van der Waals surface area contributed by atoms with E-state index in [4.69, 9.17) is 14.6 Å². The van der Waals surface area contributed by atoms with Crippen LogP contribution in [-0.2, 0) is 28.7 Å². The molecule has 8 aliphatic carbocycles. The summed E-state index contributed by atoms with van der Waals surface area (Å²) >= 11 is 0. The van der Waals surface area contributed by atoms with E-state index >= 15 is 0 Å². The van der Waals surface area contributed by atoms with Crippen molar-refractivity contribution >= 4 is 23.9 Å². The van der Waals surface area contributed by atoms with Crippen LogP contribution in [0.4, 0.5) is 0 Å². The van der Waals surface area contributed by atoms with Crippen LogP contribution in [0.5, 0.6) is 0 Å². The Morgan fingerprint density at radius 3 is 1.27 bits per heavy atom. The van der Waals surface area contributed by atoms with Crippen molar-refractivity contribution in [1.29, 1.82) is 0 Å². The van der Waals surface area contributed by atoms with Crippen LogP contribution < -0.4 is 21.7 Å². The summed E-state index contributed by atoms with van der Waals surface area (Å²) in [6.45, 7) is 5.82. The number of aliphatic hydroxyl groups is 7. The van der Waals surface area contributed by atoms with Crippen molar-refractivity contribution in [2.24, 2.45) is 57.2 Å². The number of carbonyl (C=O) groups excluding carboxylic acids is 4. The first-order chi connectivity index (χ1) is 31.0. The molecule has 0 saturated heterocycles. The van der Waals surface area contributed by atoms with Crippen molar-refractivity contribution in [3.05, 3.63) is 23.3 Å². The molecular weight excluding hydrogens is 857 g/mol. The Morgan fingerprint density at radius 1 is 0.606 bits per heavy atom. The second kappa shape index (κ2) is 17.1. The fourth-order valence-corrected chi connectivity index (χ4v) is 17.1. The quantitative estimate of drug-likeness (QED) is 0.127. The number of carboxylic acids is 2. The molecule has 10 rings (SSSR count). The van der Waals surface area contributed by atoms with E-state index in [0.29, 0.717) is 77.3 Å². The summed E-state index contributed by atoms with van der Waals surface area (Å²) in [4.78, 5) is 48.4. The summed E-state index contributed by atoms with van der Waals surface area (Å²) < 4.78 is 10.3. The first kappa shape index (κ1) is 49.4. The van der Waals surface area contributed by atoms with Crippen molar-refractivity contribution in [2.75, 3.05) is 26.3 Å². The first-order valence-corrected chi connectivity index (χ1v) is 24.7. The van der Waals surface area contributed by atoms with Crippen LogP contribution in [0.25, 0.3) is 0 Å². The van der Waals surface area contributed by atoms with Gasteiger partial charge in [-0.15, -0.1) is 0 Å². The molecule has 2 heterocycles. The molecule has 0 bridgehead atoms. The largest absolute Gasteiger partial charge is 0.549 e. The molecule has 2 aliphatic heterocycles. The number of quaternary nitrogens is 2. The molecule has 16 atom stereocenters. The molecule has 0 spiro atoms. The minimum Gasteiger partial charge on any atom is -0.549 e. The topological polar surface area (TPSA) is 330 Å². The highest BCUT2D eigenvalue weighted by molar-refractivity contribution is 5.86. The zero-order chi connectivity index (χ0) is 48.0. The summed E-state index contributed by atoms with van der Waals surface area (Å²) in [7, 11) is 0. The number of hydrogen-bond donors (Lipinski definition) is 9. The summed E-state index contributed by atoms with van der Waals surface area (Å²) in [5.74, 6) is -4.39. The van der Waals surface area contributed by atoms with Crippen LogP contribution in [0.3, 0.4) is 0 Å². The van der Waals surface area contributed by atoms with Gasteiger partial charge in [0.1, 0.15) is 26.3 Å². The number of aliphatic carboxylic acids is 2. The Hall–Kier alpha value is -3.00. The average molecular weight is 931 g/mol. The van der Waals surface area contributed by atoms with Gasteiger partial charge >= 0.3 is 11.9 Å². The van der Waals surface area contributed by atoms with E-state index in [1.807, 2.05) is 0 Å². The SMILES string of the molecule is C[C@]12CCC3C(CCC4(O)CC(O)CC[C@]34C(=O)[O-])C1(O)CC[C@H]2C1=CC(=O)OC1.C[C@]12CCC3C(CCC4(O)CC(O)CC[C@]34C(=O)[O-])C1(O)CC[C@H]2C1=CC(=O)OC1.[NH3+]CC(O)C[NH3+]. The van der Waals surface area contributed by atoms with Crippen LogP contribution >= 0.6 is 0 Å². The summed E-state index contributed by atoms with van der Waals surface area (Å²) in [5, 5.41) is 101. The van der Waals surface area contributed by atoms with Gasteiger partial charge in [0.05, 0.1) is 46.6 Å². The van der Waals surface area contributed by atoms with Crippen molar-refractivity contribution in [3.8, 4) is 0 Å². The second-order valence-electron chi connectivity index (χ2n) is 22.7. The Bertz CT molecular complexity index is 1880. The van der Waals surface area contributed by atoms with Crippen LogP contribution in [0.2, 0.25) is 0 Å². The zero-order valence-electron chi connectivity index (χ0n) is 38.7. The second-order valence-corrected chi connectivity index (χ2v) is 22.7.